The Hall–Kier alpha value is -3.13. The van der Waals surface area contributed by atoms with Crippen LogP contribution in [0.5, 0.6) is 0 Å². The fourth-order valence-electron chi connectivity index (χ4n) is 2.39. The first kappa shape index (κ1) is 17.7. The fourth-order valence-corrected chi connectivity index (χ4v) is 2.39. The summed E-state index contributed by atoms with van der Waals surface area (Å²) in [6.07, 6.45) is 7.20. The zero-order valence-corrected chi connectivity index (χ0v) is 14.5. The van der Waals surface area contributed by atoms with Gasteiger partial charge in [-0.2, -0.15) is 0 Å². The van der Waals surface area contributed by atoms with Crippen LogP contribution in [0.3, 0.4) is 0 Å². The molecule has 0 spiro atoms. The van der Waals surface area contributed by atoms with E-state index in [4.69, 9.17) is 4.74 Å². The van der Waals surface area contributed by atoms with Gasteiger partial charge in [0.2, 0.25) is 5.72 Å². The number of anilines is 1. The SMILES string of the molecule is CCCOC(C)(Nc1nc(-c2ccncc2)nc2cnccc12)C(=O)O. The van der Waals surface area contributed by atoms with Crippen LogP contribution in [-0.2, 0) is 9.53 Å². The van der Waals surface area contributed by atoms with Gasteiger partial charge < -0.3 is 15.2 Å². The van der Waals surface area contributed by atoms with Crippen LogP contribution in [0, 0.1) is 0 Å². The first-order valence-electron chi connectivity index (χ1n) is 8.21. The smallest absolute Gasteiger partial charge is 0.357 e. The van der Waals surface area contributed by atoms with Crippen molar-refractivity contribution in [2.24, 2.45) is 0 Å². The molecule has 8 heteroatoms. The van der Waals surface area contributed by atoms with Gasteiger partial charge in [-0.1, -0.05) is 6.92 Å². The Morgan fingerprint density at radius 2 is 1.92 bits per heavy atom. The molecule has 2 N–H and O–H groups in total. The van der Waals surface area contributed by atoms with Crippen molar-refractivity contribution in [1.82, 2.24) is 19.9 Å². The molecule has 0 amide bonds. The van der Waals surface area contributed by atoms with Gasteiger partial charge in [-0.05, 0) is 31.5 Å². The lowest BCUT2D eigenvalue weighted by molar-refractivity contribution is -0.159. The molecular weight excluding hydrogens is 334 g/mol. The van der Waals surface area contributed by atoms with Crippen molar-refractivity contribution in [1.29, 1.82) is 0 Å². The lowest BCUT2D eigenvalue weighted by atomic mass is 10.2. The van der Waals surface area contributed by atoms with Gasteiger partial charge in [-0.15, -0.1) is 0 Å². The highest BCUT2D eigenvalue weighted by Crippen LogP contribution is 2.27. The predicted octanol–water partition coefficient (Wildman–Crippen LogP) is 2.73. The molecule has 0 fully saturated rings. The lowest BCUT2D eigenvalue weighted by Crippen LogP contribution is -2.46. The van der Waals surface area contributed by atoms with Crippen molar-refractivity contribution in [3.05, 3.63) is 43.0 Å². The van der Waals surface area contributed by atoms with Crippen LogP contribution in [0.4, 0.5) is 5.82 Å². The maximum Gasteiger partial charge on any atom is 0.357 e. The van der Waals surface area contributed by atoms with E-state index in [1.165, 1.54) is 6.92 Å². The molecule has 0 saturated carbocycles. The number of nitrogens with zero attached hydrogens (tertiary/aromatic N) is 4. The average Bonchev–Trinajstić information content (AvgIpc) is 2.67. The summed E-state index contributed by atoms with van der Waals surface area (Å²) in [4.78, 5) is 28.9. The van der Waals surface area contributed by atoms with E-state index in [-0.39, 0.29) is 0 Å². The third kappa shape index (κ3) is 3.60. The number of ether oxygens (including phenoxy) is 1. The zero-order chi connectivity index (χ0) is 18.6. The van der Waals surface area contributed by atoms with E-state index in [0.29, 0.717) is 35.6 Å². The molecule has 134 valence electrons. The zero-order valence-electron chi connectivity index (χ0n) is 14.5. The molecule has 1 atom stereocenters. The van der Waals surface area contributed by atoms with Gasteiger partial charge in [-0.25, -0.2) is 14.8 Å². The Morgan fingerprint density at radius 3 is 2.62 bits per heavy atom. The van der Waals surface area contributed by atoms with Gasteiger partial charge in [0, 0.05) is 36.1 Å². The Bertz CT molecular complexity index is 919. The monoisotopic (exact) mass is 353 g/mol. The minimum atomic E-state index is -1.62. The van der Waals surface area contributed by atoms with Gasteiger partial charge in [-0.3, -0.25) is 9.97 Å². The summed E-state index contributed by atoms with van der Waals surface area (Å²) < 4.78 is 5.54. The average molecular weight is 353 g/mol. The van der Waals surface area contributed by atoms with Gasteiger partial charge in [0.15, 0.2) is 5.82 Å². The minimum absolute atomic E-state index is 0.303. The van der Waals surface area contributed by atoms with E-state index in [1.54, 1.807) is 43.0 Å². The van der Waals surface area contributed by atoms with E-state index < -0.39 is 11.7 Å². The highest BCUT2D eigenvalue weighted by molar-refractivity contribution is 5.92. The molecule has 26 heavy (non-hydrogen) atoms. The molecule has 3 heterocycles. The summed E-state index contributed by atoms with van der Waals surface area (Å²) in [6.45, 7) is 3.68. The molecule has 0 aliphatic heterocycles. The number of carbonyl (C=O) groups is 1. The van der Waals surface area contributed by atoms with Crippen LogP contribution >= 0.6 is 0 Å². The van der Waals surface area contributed by atoms with Crippen LogP contribution < -0.4 is 5.32 Å². The van der Waals surface area contributed by atoms with Crippen molar-refractivity contribution < 1.29 is 14.6 Å². The van der Waals surface area contributed by atoms with Crippen molar-refractivity contribution >= 4 is 22.7 Å². The van der Waals surface area contributed by atoms with Crippen LogP contribution in [-0.4, -0.2) is 43.3 Å². The number of rotatable bonds is 7. The number of carboxylic acids is 1. The second kappa shape index (κ2) is 7.40. The summed E-state index contributed by atoms with van der Waals surface area (Å²) >= 11 is 0. The highest BCUT2D eigenvalue weighted by atomic mass is 16.5. The topological polar surface area (TPSA) is 110 Å². The summed E-state index contributed by atoms with van der Waals surface area (Å²) in [5.41, 5.74) is -0.254. The molecule has 8 nitrogen and oxygen atoms in total. The number of fused-ring (bicyclic) bond motifs is 1. The number of hydrogen-bond donors (Lipinski definition) is 2. The predicted molar refractivity (Wildman–Crippen MR) is 96.5 cm³/mol. The molecule has 0 saturated heterocycles. The largest absolute Gasteiger partial charge is 0.478 e. The first-order valence-corrected chi connectivity index (χ1v) is 8.21. The second-order valence-electron chi connectivity index (χ2n) is 5.84. The molecule has 3 aromatic rings. The summed E-state index contributed by atoms with van der Waals surface area (Å²) in [6, 6.07) is 5.30. The molecule has 0 radical (unpaired) electrons. The summed E-state index contributed by atoms with van der Waals surface area (Å²) in [5, 5.41) is 13.2. The third-order valence-corrected chi connectivity index (χ3v) is 3.80. The molecule has 0 bridgehead atoms. The van der Waals surface area contributed by atoms with Crippen LogP contribution in [0.2, 0.25) is 0 Å². The van der Waals surface area contributed by atoms with E-state index in [2.05, 4.69) is 25.3 Å². The summed E-state index contributed by atoms with van der Waals surface area (Å²) in [5.74, 6) is -0.318. The van der Waals surface area contributed by atoms with Gasteiger partial charge in [0.1, 0.15) is 5.82 Å². The Labute approximate surface area is 150 Å². The van der Waals surface area contributed by atoms with Gasteiger partial charge >= 0.3 is 5.97 Å². The maximum absolute atomic E-state index is 11.8. The van der Waals surface area contributed by atoms with Crippen molar-refractivity contribution in [2.75, 3.05) is 11.9 Å². The summed E-state index contributed by atoms with van der Waals surface area (Å²) in [7, 11) is 0. The normalized spacial score (nSPS) is 13.3. The Kier molecular flexibility index (Phi) is 5.04. The number of hydrogen-bond acceptors (Lipinski definition) is 7. The molecule has 0 aliphatic rings. The maximum atomic E-state index is 11.8. The molecule has 3 aromatic heterocycles. The molecule has 0 aromatic carbocycles. The standard InChI is InChI=1S/C18H19N5O3/c1-3-10-26-18(2,17(24)25)23-16-13-6-9-20-11-14(13)21-15(22-16)12-4-7-19-8-5-12/h4-9,11H,3,10H2,1-2H3,(H,24,25)(H,21,22,23). The molecule has 1 unspecified atom stereocenters. The number of pyridine rings is 2. The van der Waals surface area contributed by atoms with Crippen molar-refractivity contribution in [2.45, 2.75) is 26.0 Å². The van der Waals surface area contributed by atoms with E-state index in [9.17, 15) is 9.90 Å². The Balaban J connectivity index is 2.10. The number of nitrogens with one attached hydrogen (secondary N) is 1. The van der Waals surface area contributed by atoms with Crippen molar-refractivity contribution in [3.63, 3.8) is 0 Å². The second-order valence-corrected chi connectivity index (χ2v) is 5.84. The van der Waals surface area contributed by atoms with Gasteiger partial charge in [0.05, 0.1) is 11.7 Å². The number of carboxylic acid groups (broad SMARTS) is 1. The highest BCUT2D eigenvalue weighted by Gasteiger charge is 2.35. The fraction of sp³-hybridized carbons (Fsp3) is 0.278. The molecule has 0 aliphatic carbocycles. The van der Waals surface area contributed by atoms with E-state index in [0.717, 1.165) is 5.56 Å². The minimum Gasteiger partial charge on any atom is -0.478 e. The van der Waals surface area contributed by atoms with E-state index in [1.807, 2.05) is 6.92 Å². The molecule has 3 rings (SSSR count). The first-order chi connectivity index (χ1) is 12.5. The van der Waals surface area contributed by atoms with Crippen LogP contribution in [0.1, 0.15) is 20.3 Å². The molecular formula is C18H19N5O3. The van der Waals surface area contributed by atoms with Crippen molar-refractivity contribution in [3.8, 4) is 11.4 Å². The van der Waals surface area contributed by atoms with Crippen LogP contribution in [0.25, 0.3) is 22.3 Å². The Morgan fingerprint density at radius 1 is 1.19 bits per heavy atom. The van der Waals surface area contributed by atoms with Crippen LogP contribution in [0.15, 0.2) is 43.0 Å². The van der Waals surface area contributed by atoms with E-state index >= 15 is 0 Å². The number of aliphatic carboxylic acids is 1. The quantitative estimate of drug-likeness (QED) is 0.624. The number of aromatic nitrogens is 4. The van der Waals surface area contributed by atoms with Gasteiger partial charge in [0.25, 0.3) is 0 Å². The third-order valence-electron chi connectivity index (χ3n) is 3.80. The lowest BCUT2D eigenvalue weighted by Gasteiger charge is -2.27.